The van der Waals surface area contributed by atoms with Crippen LogP contribution in [0.1, 0.15) is 18.4 Å². The maximum Gasteiger partial charge on any atom is 0.226 e. The zero-order chi connectivity index (χ0) is 17.8. The monoisotopic (exact) mass is 347 g/mol. The van der Waals surface area contributed by atoms with Gasteiger partial charge in [-0.15, -0.1) is 0 Å². The largest absolute Gasteiger partial charge is 0.366 e. The quantitative estimate of drug-likeness (QED) is 0.901. The summed E-state index contributed by atoms with van der Waals surface area (Å²) >= 11 is 0. The first-order valence-corrected chi connectivity index (χ1v) is 8.44. The van der Waals surface area contributed by atoms with Gasteiger partial charge in [0, 0.05) is 39.4 Å². The van der Waals surface area contributed by atoms with E-state index in [-0.39, 0.29) is 6.04 Å². The molecule has 1 saturated heterocycles. The zero-order valence-corrected chi connectivity index (χ0v) is 14.5. The van der Waals surface area contributed by atoms with Gasteiger partial charge in [-0.2, -0.15) is 4.98 Å². The predicted molar refractivity (Wildman–Crippen MR) is 94.6 cm³/mol. The fraction of sp³-hybridized carbons (Fsp3) is 0.444. The predicted octanol–water partition coefficient (Wildman–Crippen LogP) is 2.90. The molecule has 0 radical (unpaired) electrons. The summed E-state index contributed by atoms with van der Waals surface area (Å²) in [7, 11) is 3.81. The van der Waals surface area contributed by atoms with Crippen molar-refractivity contribution in [1.82, 2.24) is 14.9 Å². The summed E-state index contributed by atoms with van der Waals surface area (Å²) in [5, 5.41) is 3.46. The lowest BCUT2D eigenvalue weighted by Crippen LogP contribution is -2.41. The molecule has 0 spiro atoms. The van der Waals surface area contributed by atoms with E-state index in [1.807, 2.05) is 25.1 Å². The number of anilines is 2. The van der Waals surface area contributed by atoms with E-state index < -0.39 is 11.6 Å². The van der Waals surface area contributed by atoms with Crippen LogP contribution >= 0.6 is 0 Å². The van der Waals surface area contributed by atoms with Gasteiger partial charge in [0.25, 0.3) is 0 Å². The second-order valence-corrected chi connectivity index (χ2v) is 6.60. The lowest BCUT2D eigenvalue weighted by atomic mass is 10.0. The SMILES string of the molecule is CN(C)c1nccc(NC2CCCN(Cc3ccc(F)c(F)c3)C2)n1. The zero-order valence-electron chi connectivity index (χ0n) is 14.5. The molecule has 2 aromatic rings. The number of rotatable bonds is 5. The Balaban J connectivity index is 1.61. The van der Waals surface area contributed by atoms with Crippen LogP contribution in [0.4, 0.5) is 20.5 Å². The lowest BCUT2D eigenvalue weighted by molar-refractivity contribution is 0.208. The number of aromatic nitrogens is 2. The highest BCUT2D eigenvalue weighted by Crippen LogP contribution is 2.18. The molecule has 1 unspecified atom stereocenters. The maximum absolute atomic E-state index is 13.4. The van der Waals surface area contributed by atoms with Crippen molar-refractivity contribution in [2.24, 2.45) is 0 Å². The highest BCUT2D eigenvalue weighted by atomic mass is 19.2. The summed E-state index contributed by atoms with van der Waals surface area (Å²) in [4.78, 5) is 12.8. The van der Waals surface area contributed by atoms with Crippen LogP contribution in [0.3, 0.4) is 0 Å². The van der Waals surface area contributed by atoms with Gasteiger partial charge >= 0.3 is 0 Å². The van der Waals surface area contributed by atoms with E-state index >= 15 is 0 Å². The van der Waals surface area contributed by atoms with Gasteiger partial charge in [0.1, 0.15) is 5.82 Å². The fourth-order valence-corrected chi connectivity index (χ4v) is 3.07. The topological polar surface area (TPSA) is 44.3 Å². The average Bonchev–Trinajstić information content (AvgIpc) is 2.59. The van der Waals surface area contributed by atoms with Crippen molar-refractivity contribution in [3.63, 3.8) is 0 Å². The Labute approximate surface area is 146 Å². The molecular weight excluding hydrogens is 324 g/mol. The van der Waals surface area contributed by atoms with Crippen molar-refractivity contribution in [2.75, 3.05) is 37.4 Å². The molecule has 1 fully saturated rings. The Kier molecular flexibility index (Phi) is 5.43. The number of halogens is 2. The molecule has 0 bridgehead atoms. The molecule has 1 aliphatic heterocycles. The number of hydrogen-bond donors (Lipinski definition) is 1. The molecule has 3 rings (SSSR count). The van der Waals surface area contributed by atoms with E-state index in [1.54, 1.807) is 12.3 Å². The van der Waals surface area contributed by atoms with Gasteiger partial charge in [-0.05, 0) is 43.1 Å². The second-order valence-electron chi connectivity index (χ2n) is 6.60. The number of piperidine rings is 1. The summed E-state index contributed by atoms with van der Waals surface area (Å²) in [6.45, 7) is 2.40. The van der Waals surface area contributed by atoms with Gasteiger partial charge in [-0.1, -0.05) is 6.07 Å². The maximum atomic E-state index is 13.4. The van der Waals surface area contributed by atoms with E-state index in [1.165, 1.54) is 12.1 Å². The summed E-state index contributed by atoms with van der Waals surface area (Å²) in [5.41, 5.74) is 0.788. The Hall–Kier alpha value is -2.28. The van der Waals surface area contributed by atoms with Crippen LogP contribution in [-0.4, -0.2) is 48.1 Å². The minimum absolute atomic E-state index is 0.268. The number of hydrogen-bond acceptors (Lipinski definition) is 5. The smallest absolute Gasteiger partial charge is 0.226 e. The number of benzene rings is 1. The summed E-state index contributed by atoms with van der Waals surface area (Å²) < 4.78 is 26.4. The summed E-state index contributed by atoms with van der Waals surface area (Å²) in [6, 6.07) is 6.24. The molecule has 2 heterocycles. The van der Waals surface area contributed by atoms with Gasteiger partial charge in [-0.25, -0.2) is 13.8 Å². The van der Waals surface area contributed by atoms with Crippen molar-refractivity contribution in [3.05, 3.63) is 47.7 Å². The molecule has 1 aromatic heterocycles. The van der Waals surface area contributed by atoms with Crippen molar-refractivity contribution < 1.29 is 8.78 Å². The normalized spacial score (nSPS) is 18.2. The van der Waals surface area contributed by atoms with Gasteiger partial charge in [-0.3, -0.25) is 4.90 Å². The Bertz CT molecular complexity index is 722. The van der Waals surface area contributed by atoms with Crippen molar-refractivity contribution in [2.45, 2.75) is 25.4 Å². The Morgan fingerprint density at radius 1 is 1.24 bits per heavy atom. The number of nitrogens with one attached hydrogen (secondary N) is 1. The molecule has 1 N–H and O–H groups in total. The van der Waals surface area contributed by atoms with E-state index in [4.69, 9.17) is 0 Å². The third kappa shape index (κ3) is 4.63. The van der Waals surface area contributed by atoms with Crippen LogP contribution in [0.5, 0.6) is 0 Å². The molecule has 7 heteroatoms. The molecule has 0 aliphatic carbocycles. The van der Waals surface area contributed by atoms with Crippen LogP contribution in [-0.2, 0) is 6.54 Å². The first-order valence-electron chi connectivity index (χ1n) is 8.44. The third-order valence-corrected chi connectivity index (χ3v) is 4.29. The minimum Gasteiger partial charge on any atom is -0.366 e. The van der Waals surface area contributed by atoms with Crippen LogP contribution in [0.15, 0.2) is 30.5 Å². The van der Waals surface area contributed by atoms with Crippen LogP contribution < -0.4 is 10.2 Å². The molecule has 134 valence electrons. The van der Waals surface area contributed by atoms with E-state index in [0.717, 1.165) is 37.3 Å². The van der Waals surface area contributed by atoms with E-state index in [2.05, 4.69) is 20.2 Å². The van der Waals surface area contributed by atoms with Crippen LogP contribution in [0, 0.1) is 11.6 Å². The summed E-state index contributed by atoms with van der Waals surface area (Å²) in [6.07, 6.45) is 3.84. The minimum atomic E-state index is -0.803. The number of likely N-dealkylation sites (tertiary alicyclic amines) is 1. The highest BCUT2D eigenvalue weighted by molar-refractivity contribution is 5.41. The van der Waals surface area contributed by atoms with Crippen LogP contribution in [0.2, 0.25) is 0 Å². The van der Waals surface area contributed by atoms with Gasteiger partial charge in [0.15, 0.2) is 11.6 Å². The average molecular weight is 347 g/mol. The lowest BCUT2D eigenvalue weighted by Gasteiger charge is -2.33. The Morgan fingerprint density at radius 3 is 2.84 bits per heavy atom. The first-order chi connectivity index (χ1) is 12.0. The molecular formula is C18H23F2N5. The van der Waals surface area contributed by atoms with Crippen molar-refractivity contribution >= 4 is 11.8 Å². The third-order valence-electron chi connectivity index (χ3n) is 4.29. The number of nitrogens with zero attached hydrogens (tertiary/aromatic N) is 4. The van der Waals surface area contributed by atoms with Gasteiger partial charge in [0.2, 0.25) is 5.95 Å². The molecule has 1 aliphatic rings. The van der Waals surface area contributed by atoms with E-state index in [9.17, 15) is 8.78 Å². The summed E-state index contributed by atoms with van der Waals surface area (Å²) in [5.74, 6) is -0.124. The van der Waals surface area contributed by atoms with Crippen LogP contribution in [0.25, 0.3) is 0 Å². The second kappa shape index (κ2) is 7.74. The molecule has 25 heavy (non-hydrogen) atoms. The Morgan fingerprint density at radius 2 is 2.08 bits per heavy atom. The highest BCUT2D eigenvalue weighted by Gasteiger charge is 2.20. The standard InChI is InChI=1S/C18H23F2N5/c1-24(2)18-21-8-7-17(23-18)22-14-4-3-9-25(12-14)11-13-5-6-15(19)16(20)10-13/h5-8,10,14H,3-4,9,11-12H2,1-2H3,(H,21,22,23). The van der Waals surface area contributed by atoms with Crippen molar-refractivity contribution in [1.29, 1.82) is 0 Å². The first kappa shape index (κ1) is 17.5. The van der Waals surface area contributed by atoms with E-state index in [0.29, 0.717) is 12.5 Å². The molecule has 0 saturated carbocycles. The molecule has 5 nitrogen and oxygen atoms in total. The van der Waals surface area contributed by atoms with Gasteiger partial charge in [0.05, 0.1) is 0 Å². The molecule has 1 aromatic carbocycles. The molecule has 1 atom stereocenters. The van der Waals surface area contributed by atoms with Gasteiger partial charge < -0.3 is 10.2 Å². The molecule has 0 amide bonds. The van der Waals surface area contributed by atoms with Crippen molar-refractivity contribution in [3.8, 4) is 0 Å². The fourth-order valence-electron chi connectivity index (χ4n) is 3.07.